The first-order valence-electron chi connectivity index (χ1n) is 14.9. The number of aliphatic hydroxyl groups is 2. The summed E-state index contributed by atoms with van der Waals surface area (Å²) in [6, 6.07) is 0. The van der Waals surface area contributed by atoms with E-state index >= 15 is 0 Å². The van der Waals surface area contributed by atoms with Crippen LogP contribution in [0.5, 0.6) is 0 Å². The normalized spacial score (nSPS) is 50.7. The average molecular weight is 490 g/mol. The van der Waals surface area contributed by atoms with E-state index in [1.807, 2.05) is 0 Å². The molecule has 1 aliphatic heterocycles. The molecular weight excluding hydrogens is 438 g/mol. The largest absolute Gasteiger partial charge is 0.449 e. The number of rotatable bonds is 7. The number of aliphatic hydroxyl groups excluding tert-OH is 2. The van der Waals surface area contributed by atoms with Crippen LogP contribution in [-0.4, -0.2) is 53.1 Å². The van der Waals surface area contributed by atoms with Gasteiger partial charge in [-0.2, -0.15) is 0 Å². The molecule has 12 atom stereocenters. The molecule has 4 saturated carbocycles. The van der Waals surface area contributed by atoms with Gasteiger partial charge < -0.3 is 14.9 Å². The summed E-state index contributed by atoms with van der Waals surface area (Å²) < 4.78 is 5.33. The van der Waals surface area contributed by atoms with Gasteiger partial charge in [0.2, 0.25) is 0 Å². The summed E-state index contributed by atoms with van der Waals surface area (Å²) in [5.74, 6) is 3.82. The Balaban J connectivity index is 1.32. The molecule has 0 bridgehead atoms. The van der Waals surface area contributed by atoms with Crippen LogP contribution in [0.2, 0.25) is 0 Å². The highest BCUT2D eigenvalue weighted by molar-refractivity contribution is 5.37. The number of carbonyl (C=O) groups excluding carboxylic acids is 1. The fraction of sp³-hybridized carbons (Fsp3) is 0.967. The number of fused-ring (bicyclic) bond motifs is 5. The van der Waals surface area contributed by atoms with Crippen molar-refractivity contribution in [2.24, 2.45) is 52.3 Å². The molecule has 5 aliphatic rings. The molecule has 35 heavy (non-hydrogen) atoms. The molecule has 0 radical (unpaired) electrons. The maximum absolute atomic E-state index is 11.9. The Hall–Kier alpha value is -0.650. The second-order valence-electron chi connectivity index (χ2n) is 13.8. The van der Waals surface area contributed by atoms with E-state index in [9.17, 15) is 15.0 Å². The van der Waals surface area contributed by atoms with Gasteiger partial charge in [0.25, 0.3) is 6.47 Å². The van der Waals surface area contributed by atoms with Crippen molar-refractivity contribution in [1.82, 2.24) is 4.90 Å². The first kappa shape index (κ1) is 26.0. The van der Waals surface area contributed by atoms with Crippen LogP contribution >= 0.6 is 0 Å². The summed E-state index contributed by atoms with van der Waals surface area (Å²) in [6.07, 6.45) is 11.9. The van der Waals surface area contributed by atoms with Crippen LogP contribution in [0.15, 0.2) is 0 Å². The molecule has 0 aromatic heterocycles. The fourth-order valence-corrected chi connectivity index (χ4v) is 10.8. The van der Waals surface area contributed by atoms with E-state index in [0.29, 0.717) is 53.3 Å². The molecule has 5 fully saturated rings. The molecule has 200 valence electrons. The van der Waals surface area contributed by atoms with Gasteiger partial charge in [-0.05, 0) is 116 Å². The minimum atomic E-state index is -0.210. The standard InChI is InChI=1S/C30H51NO4/c1-5-21-25-17-20(33)10-13-30(25,4)24-11-14-29(3)22(8-9-23(29)27(24)28(21)34)19(2)12-16-31-15-6-7-26(31)35-18-32/h18-28,33-34H,5-17H2,1-4H3/t19-,20-,21-,22-,23+,24+,25+,26+,27+,28-,29-,30-/m1/s1. The van der Waals surface area contributed by atoms with Gasteiger partial charge in [-0.25, -0.2) is 0 Å². The SMILES string of the molecule is CC[C@H]1[C@@H](O)[C@@H]2[C@H](CC[C@]3(C)[C@@H]([C@H](C)CCN4CCC[C@@H]4OC=O)CC[C@@H]23)[C@@]2(C)CC[C@@H](O)C[C@@H]12. The van der Waals surface area contributed by atoms with Crippen molar-refractivity contribution in [2.75, 3.05) is 13.1 Å². The van der Waals surface area contributed by atoms with Crippen molar-refractivity contribution in [3.05, 3.63) is 0 Å². The predicted molar refractivity (Wildman–Crippen MR) is 137 cm³/mol. The summed E-state index contributed by atoms with van der Waals surface area (Å²) in [5, 5.41) is 22.4. The first-order valence-corrected chi connectivity index (χ1v) is 14.9. The quantitative estimate of drug-likeness (QED) is 0.479. The Morgan fingerprint density at radius 1 is 1.03 bits per heavy atom. The van der Waals surface area contributed by atoms with Crippen molar-refractivity contribution in [1.29, 1.82) is 0 Å². The highest BCUT2D eigenvalue weighted by Crippen LogP contribution is 2.69. The number of hydrogen-bond donors (Lipinski definition) is 2. The van der Waals surface area contributed by atoms with Gasteiger partial charge in [-0.3, -0.25) is 9.69 Å². The maximum Gasteiger partial charge on any atom is 0.294 e. The molecule has 0 amide bonds. The summed E-state index contributed by atoms with van der Waals surface area (Å²) in [6.45, 7) is 12.5. The van der Waals surface area contributed by atoms with E-state index in [0.717, 1.165) is 58.0 Å². The monoisotopic (exact) mass is 489 g/mol. The third kappa shape index (κ3) is 4.20. The van der Waals surface area contributed by atoms with Crippen LogP contribution < -0.4 is 0 Å². The van der Waals surface area contributed by atoms with E-state index in [1.165, 1.54) is 25.7 Å². The molecule has 5 nitrogen and oxygen atoms in total. The fourth-order valence-electron chi connectivity index (χ4n) is 10.8. The Bertz CT molecular complexity index is 761. The van der Waals surface area contributed by atoms with Gasteiger partial charge in [0.15, 0.2) is 6.23 Å². The van der Waals surface area contributed by atoms with Gasteiger partial charge in [-0.1, -0.05) is 34.1 Å². The number of likely N-dealkylation sites (tertiary alicyclic amines) is 1. The molecule has 0 unspecified atom stereocenters. The lowest BCUT2D eigenvalue weighted by atomic mass is 9.41. The zero-order valence-corrected chi connectivity index (χ0v) is 22.7. The third-order valence-corrected chi connectivity index (χ3v) is 12.5. The van der Waals surface area contributed by atoms with Crippen molar-refractivity contribution >= 4 is 6.47 Å². The van der Waals surface area contributed by atoms with Crippen LogP contribution in [0, 0.1) is 52.3 Å². The number of nitrogens with zero attached hydrogens (tertiary/aromatic N) is 1. The van der Waals surface area contributed by atoms with Gasteiger partial charge in [-0.15, -0.1) is 0 Å². The lowest BCUT2D eigenvalue weighted by Gasteiger charge is -2.64. The molecule has 1 saturated heterocycles. The van der Waals surface area contributed by atoms with Gasteiger partial charge in [0, 0.05) is 13.1 Å². The smallest absolute Gasteiger partial charge is 0.294 e. The Kier molecular flexibility index (Phi) is 7.35. The van der Waals surface area contributed by atoms with Crippen molar-refractivity contribution in [2.45, 2.75) is 117 Å². The van der Waals surface area contributed by atoms with Crippen molar-refractivity contribution in [3.63, 3.8) is 0 Å². The Labute approximate surface area is 213 Å². The lowest BCUT2D eigenvalue weighted by Crippen LogP contribution is -2.62. The molecule has 4 aliphatic carbocycles. The van der Waals surface area contributed by atoms with Crippen LogP contribution in [0.1, 0.15) is 98.3 Å². The molecule has 5 heteroatoms. The molecule has 0 aromatic carbocycles. The lowest BCUT2D eigenvalue weighted by molar-refractivity contribution is -0.203. The third-order valence-electron chi connectivity index (χ3n) is 12.5. The molecular formula is C30H51NO4. The zero-order valence-electron chi connectivity index (χ0n) is 22.7. The highest BCUT2D eigenvalue weighted by atomic mass is 16.5. The number of hydrogen-bond acceptors (Lipinski definition) is 5. The molecule has 1 heterocycles. The Morgan fingerprint density at radius 3 is 2.51 bits per heavy atom. The predicted octanol–water partition coefficient (Wildman–Crippen LogP) is 5.23. The van der Waals surface area contributed by atoms with E-state index < -0.39 is 0 Å². The van der Waals surface area contributed by atoms with Crippen LogP contribution in [0.25, 0.3) is 0 Å². The van der Waals surface area contributed by atoms with Gasteiger partial charge >= 0.3 is 0 Å². The molecule has 2 N–H and O–H groups in total. The minimum absolute atomic E-state index is 0.0203. The van der Waals surface area contributed by atoms with E-state index in [2.05, 4.69) is 32.6 Å². The second kappa shape index (κ2) is 9.91. The zero-order chi connectivity index (χ0) is 25.0. The van der Waals surface area contributed by atoms with E-state index in [1.54, 1.807) is 0 Å². The average Bonchev–Trinajstić information content (AvgIpc) is 3.42. The van der Waals surface area contributed by atoms with Crippen LogP contribution in [0.4, 0.5) is 0 Å². The Morgan fingerprint density at radius 2 is 1.77 bits per heavy atom. The molecule has 5 rings (SSSR count). The van der Waals surface area contributed by atoms with E-state index in [-0.39, 0.29) is 23.9 Å². The van der Waals surface area contributed by atoms with Gasteiger partial charge in [0.1, 0.15) is 0 Å². The second-order valence-corrected chi connectivity index (χ2v) is 13.8. The highest BCUT2D eigenvalue weighted by Gasteiger charge is 2.64. The van der Waals surface area contributed by atoms with E-state index in [4.69, 9.17) is 4.74 Å². The van der Waals surface area contributed by atoms with Crippen molar-refractivity contribution < 1.29 is 19.7 Å². The number of ether oxygens (including phenoxy) is 1. The van der Waals surface area contributed by atoms with Crippen molar-refractivity contribution in [3.8, 4) is 0 Å². The first-order chi connectivity index (χ1) is 16.7. The minimum Gasteiger partial charge on any atom is -0.449 e. The molecule has 0 spiro atoms. The van der Waals surface area contributed by atoms with Gasteiger partial charge in [0.05, 0.1) is 12.2 Å². The maximum atomic E-state index is 11.9. The summed E-state index contributed by atoms with van der Waals surface area (Å²) in [7, 11) is 0. The molecule has 0 aromatic rings. The van der Waals surface area contributed by atoms with Crippen LogP contribution in [0.3, 0.4) is 0 Å². The summed E-state index contributed by atoms with van der Waals surface area (Å²) >= 11 is 0. The number of carbonyl (C=O) groups is 1. The summed E-state index contributed by atoms with van der Waals surface area (Å²) in [5.41, 5.74) is 0.596. The summed E-state index contributed by atoms with van der Waals surface area (Å²) in [4.78, 5) is 13.3. The van der Waals surface area contributed by atoms with Crippen LogP contribution in [-0.2, 0) is 9.53 Å². The topological polar surface area (TPSA) is 70.0 Å².